The summed E-state index contributed by atoms with van der Waals surface area (Å²) in [4.78, 5) is 54.0. The van der Waals surface area contributed by atoms with Crippen LogP contribution in [0.4, 0.5) is 0 Å². The maximum atomic E-state index is 11.4. The average Bonchev–Trinajstić information content (AvgIpc) is 3.88. The standard InChI is InChI=1S/2C12H19NO5.C11H17NO5.C9H14O3.C3H6ClNO2.C3H7NO2.C3H6O2.7Y/c1-15-5-4-9(6-12(14)17-3)11-7-10(8-16-2)13-18-11;1-8-10(7-14)13-18-12(8)9(4-5-16-2)6-11(15)17-3;1-15-4-3-8(5-11(14)16-2)10-6-9(7-13)12-17-10;1-4-8(5-6-11-2)7-9(10)12-3;1-7-2-3(4)5-6;1-6-3-2-4-5;1-5-3-2-4;;;;;;;/h7,9H,4-6,8H2,1-3H3;9,14H,4-7H2,1-3H3;6,8,13H,3-5,7H2,1-2H3;1,8H,5-7H2,2-3H3;6H,2H2,1H3;2,5H,3H2,1H3;2H,3H2,1H3;;;;;;;/b;;;;5-3-;4-2+;;;;;;;;. The molecule has 3 aromatic rings. The van der Waals surface area contributed by atoms with Crippen molar-refractivity contribution in [3.8, 4) is 12.3 Å². The Hall–Kier alpha value is 1.30. The van der Waals surface area contributed by atoms with Gasteiger partial charge in [0, 0.05) is 354 Å². The Labute approximate surface area is 710 Å². The summed E-state index contributed by atoms with van der Waals surface area (Å²) in [5, 5.41) is 50.2. The monoisotopic (exact) mass is 1840 g/mol. The molecular weight excluding hydrogens is 1750 g/mol. The summed E-state index contributed by atoms with van der Waals surface area (Å²) >= 11 is 5.14. The van der Waals surface area contributed by atoms with Gasteiger partial charge in [-0.2, -0.15) is 0 Å². The molecule has 0 bridgehead atoms. The SMILES string of the molecule is C#CC(CCOC)CC(=O)OC.COC/C(Cl)=N/O.COC/C=N/O.COCC=O.COCCC(CC(=O)OC)c1cc(CO)no1.COCCC(CC(=O)OC)c1cc(COC)no1.COCCC(CC(=O)OC)c1onc(CO)c1C.[Y].[Y].[Y].[Y].[Y].[Y].[Y]. The first kappa shape index (κ1) is 115. The summed E-state index contributed by atoms with van der Waals surface area (Å²) in [7, 11) is 17.9. The number of nitrogens with zero attached hydrogens (tertiary/aromatic N) is 5. The number of rotatable bonds is 33. The number of terminal acetylenes is 1. The molecule has 0 aliphatic heterocycles. The second-order valence-corrected chi connectivity index (χ2v) is 16.7. The molecule has 29 nitrogen and oxygen atoms in total. The van der Waals surface area contributed by atoms with Crippen LogP contribution in [-0.4, -0.2) is 209 Å². The summed E-state index contributed by atoms with van der Waals surface area (Å²) in [6, 6.07) is 3.44. The molecule has 0 saturated carbocycles. The van der Waals surface area contributed by atoms with Gasteiger partial charge in [0.1, 0.15) is 53.9 Å². The molecule has 4 unspecified atom stereocenters. The van der Waals surface area contributed by atoms with Crippen molar-refractivity contribution in [1.82, 2.24) is 15.5 Å². The van der Waals surface area contributed by atoms with Gasteiger partial charge in [0.05, 0.1) is 86.8 Å². The number of ether oxygens (including phenoxy) is 12. The van der Waals surface area contributed by atoms with E-state index in [1.807, 2.05) is 6.92 Å². The van der Waals surface area contributed by atoms with E-state index in [2.05, 4.69) is 64.9 Å². The number of hydrogen-bond donors (Lipinski definition) is 4. The molecule has 0 aliphatic rings. The topological polar surface area (TPSA) is 380 Å². The molecule has 0 saturated heterocycles. The number of carbonyl (C=O) groups is 5. The molecular formula is C53H88ClN5O24Y7. The maximum absolute atomic E-state index is 11.4. The van der Waals surface area contributed by atoms with Gasteiger partial charge in [-0.3, -0.25) is 19.2 Å². The Bertz CT molecular complexity index is 2200. The van der Waals surface area contributed by atoms with Crippen LogP contribution in [0, 0.1) is 25.2 Å². The van der Waals surface area contributed by atoms with Gasteiger partial charge in [0.25, 0.3) is 0 Å². The molecule has 4 atom stereocenters. The van der Waals surface area contributed by atoms with Crippen LogP contribution in [0.2, 0.25) is 0 Å². The molecule has 7 radical (unpaired) electrons. The third-order valence-electron chi connectivity index (χ3n) is 10.4. The van der Waals surface area contributed by atoms with E-state index in [4.69, 9.17) is 75.9 Å². The number of aromatic nitrogens is 3. The summed E-state index contributed by atoms with van der Waals surface area (Å²) in [6.07, 6.45) is 10.8. The Kier molecular flexibility index (Phi) is 108. The number of aliphatic hydroxyl groups excluding tert-OH is 2. The Morgan fingerprint density at radius 2 is 0.978 bits per heavy atom. The first-order valence-corrected chi connectivity index (χ1v) is 25.5. The first-order valence-electron chi connectivity index (χ1n) is 25.1. The summed E-state index contributed by atoms with van der Waals surface area (Å²) in [5.41, 5.74) is 2.44. The van der Waals surface area contributed by atoms with Crippen LogP contribution in [0.3, 0.4) is 0 Å². The van der Waals surface area contributed by atoms with Crippen molar-refractivity contribution in [1.29, 1.82) is 0 Å². The molecule has 90 heavy (non-hydrogen) atoms. The molecule has 0 amide bonds. The van der Waals surface area contributed by atoms with Crippen LogP contribution in [-0.2, 0) is 330 Å². The fourth-order valence-corrected chi connectivity index (χ4v) is 6.11. The van der Waals surface area contributed by atoms with Crippen molar-refractivity contribution in [3.05, 3.63) is 52.1 Å². The second kappa shape index (κ2) is 84.5. The molecule has 0 fully saturated rings. The van der Waals surface area contributed by atoms with Crippen molar-refractivity contribution in [2.75, 3.05) is 132 Å². The van der Waals surface area contributed by atoms with Crippen molar-refractivity contribution in [3.63, 3.8) is 0 Å². The zero-order valence-electron chi connectivity index (χ0n) is 54.0. The molecule has 0 aromatic carbocycles. The second-order valence-electron chi connectivity index (χ2n) is 16.3. The van der Waals surface area contributed by atoms with Crippen molar-refractivity contribution < 1.29 is 344 Å². The number of oxime groups is 2. The molecule has 0 spiro atoms. The third kappa shape index (κ3) is 65.2. The predicted molar refractivity (Wildman–Crippen MR) is 297 cm³/mol. The van der Waals surface area contributed by atoms with Crippen LogP contribution in [0.1, 0.15) is 109 Å². The Morgan fingerprint density at radius 3 is 1.28 bits per heavy atom. The molecule has 3 aromatic heterocycles. The number of carbonyl (C=O) groups excluding carboxylic acids is 5. The molecule has 3 rings (SSSR count). The van der Waals surface area contributed by atoms with Crippen LogP contribution < -0.4 is 0 Å². The van der Waals surface area contributed by atoms with E-state index >= 15 is 0 Å². The minimum Gasteiger partial charge on any atom is -0.469 e. The predicted octanol–water partition coefficient (Wildman–Crippen LogP) is 4.91. The van der Waals surface area contributed by atoms with Crippen molar-refractivity contribution >= 4 is 53.1 Å². The number of methoxy groups -OCH3 is 12. The zero-order chi connectivity index (χ0) is 63.6. The van der Waals surface area contributed by atoms with E-state index in [1.54, 1.807) is 47.7 Å². The van der Waals surface area contributed by atoms with E-state index < -0.39 is 0 Å². The summed E-state index contributed by atoms with van der Waals surface area (Å²) < 4.78 is 72.1. The Balaban J connectivity index is -0.0000000924. The Morgan fingerprint density at radius 1 is 0.567 bits per heavy atom. The van der Waals surface area contributed by atoms with Crippen LogP contribution in [0.5, 0.6) is 0 Å². The first-order chi connectivity index (χ1) is 39.9. The normalized spacial score (nSPS) is 10.9. The van der Waals surface area contributed by atoms with Gasteiger partial charge >= 0.3 is 23.9 Å². The van der Waals surface area contributed by atoms with E-state index in [0.29, 0.717) is 106 Å². The van der Waals surface area contributed by atoms with Gasteiger partial charge in [0.2, 0.25) is 0 Å². The molecule has 4 N–H and O–H groups in total. The minimum absolute atomic E-state index is 0. The molecule has 497 valence electrons. The minimum atomic E-state index is -0.312. The van der Waals surface area contributed by atoms with Crippen molar-refractivity contribution in [2.45, 2.75) is 95.9 Å². The van der Waals surface area contributed by atoms with Gasteiger partial charge in [-0.25, -0.2) is 0 Å². The van der Waals surface area contributed by atoms with E-state index in [9.17, 15) is 24.0 Å². The van der Waals surface area contributed by atoms with Gasteiger partial charge in [-0.1, -0.05) is 37.4 Å². The number of halogens is 1. The zero-order valence-corrected chi connectivity index (χ0v) is 74.7. The van der Waals surface area contributed by atoms with Gasteiger partial charge < -0.3 is 95.8 Å². The van der Waals surface area contributed by atoms with Crippen LogP contribution >= 0.6 is 11.6 Å². The number of aldehydes is 1. The maximum Gasteiger partial charge on any atom is 0.306 e. The van der Waals surface area contributed by atoms with E-state index in [1.165, 1.54) is 56.0 Å². The number of hydrogen-bond acceptors (Lipinski definition) is 29. The van der Waals surface area contributed by atoms with Gasteiger partial charge in [-0.05, 0) is 32.6 Å². The largest absolute Gasteiger partial charge is 0.469 e. The molecule has 3 heterocycles. The van der Waals surface area contributed by atoms with Crippen LogP contribution in [0.25, 0.3) is 0 Å². The van der Waals surface area contributed by atoms with Crippen molar-refractivity contribution in [2.24, 2.45) is 16.2 Å². The van der Waals surface area contributed by atoms with Gasteiger partial charge in [0.15, 0.2) is 5.17 Å². The fourth-order valence-electron chi connectivity index (χ4n) is 6.01. The molecule has 0 aliphatic carbocycles. The third-order valence-corrected chi connectivity index (χ3v) is 10.6. The fraction of sp³-hybridized carbons (Fsp3) is 0.660. The summed E-state index contributed by atoms with van der Waals surface area (Å²) in [5.74, 6) is 2.74. The quantitative estimate of drug-likeness (QED) is 0.0120. The number of aliphatic hydroxyl groups is 2. The average molecular weight is 1840 g/mol. The smallest absolute Gasteiger partial charge is 0.306 e. The van der Waals surface area contributed by atoms with E-state index in [0.717, 1.165) is 5.56 Å². The molecule has 37 heteroatoms. The summed E-state index contributed by atoms with van der Waals surface area (Å²) in [6.45, 7) is 4.73. The van der Waals surface area contributed by atoms with E-state index in [-0.39, 0.29) is 334 Å². The number of esters is 4. The van der Waals surface area contributed by atoms with Gasteiger partial charge in [-0.15, -0.1) is 12.3 Å². The van der Waals surface area contributed by atoms with Crippen LogP contribution in [0.15, 0.2) is 36.0 Å².